The summed E-state index contributed by atoms with van der Waals surface area (Å²) < 4.78 is 0. The lowest BCUT2D eigenvalue weighted by Crippen LogP contribution is -2.07. The molecule has 0 aliphatic rings. The summed E-state index contributed by atoms with van der Waals surface area (Å²) in [5, 5.41) is 3.28. The SMILES string of the molecule is Cc1ccnc(NCCc2ccccn2)c1. The average molecular weight is 213 g/mol. The van der Waals surface area contributed by atoms with E-state index in [0.29, 0.717) is 0 Å². The second-order valence-electron chi connectivity index (χ2n) is 3.72. The molecule has 0 atom stereocenters. The molecular formula is C13H15N3. The molecule has 0 amide bonds. The number of pyridine rings is 2. The molecule has 82 valence electrons. The molecule has 0 radical (unpaired) electrons. The number of nitrogens with one attached hydrogen (secondary N) is 1. The topological polar surface area (TPSA) is 37.8 Å². The summed E-state index contributed by atoms with van der Waals surface area (Å²) in [5.74, 6) is 0.927. The van der Waals surface area contributed by atoms with Crippen LogP contribution in [0.1, 0.15) is 11.3 Å². The van der Waals surface area contributed by atoms with E-state index in [4.69, 9.17) is 0 Å². The molecule has 0 bridgehead atoms. The van der Waals surface area contributed by atoms with Crippen LogP contribution in [0.4, 0.5) is 5.82 Å². The van der Waals surface area contributed by atoms with Crippen LogP contribution in [0.5, 0.6) is 0 Å². The molecule has 0 saturated carbocycles. The zero-order valence-corrected chi connectivity index (χ0v) is 9.35. The molecular weight excluding hydrogens is 198 g/mol. The van der Waals surface area contributed by atoms with Crippen LogP contribution >= 0.6 is 0 Å². The zero-order valence-electron chi connectivity index (χ0n) is 9.35. The number of anilines is 1. The lowest BCUT2D eigenvalue weighted by atomic mass is 10.2. The molecule has 0 aliphatic carbocycles. The van der Waals surface area contributed by atoms with Gasteiger partial charge in [-0.1, -0.05) is 6.07 Å². The van der Waals surface area contributed by atoms with Crippen molar-refractivity contribution in [2.45, 2.75) is 13.3 Å². The molecule has 0 spiro atoms. The Morgan fingerprint density at radius 1 is 1.12 bits per heavy atom. The van der Waals surface area contributed by atoms with Crippen molar-refractivity contribution >= 4 is 5.82 Å². The van der Waals surface area contributed by atoms with Gasteiger partial charge >= 0.3 is 0 Å². The summed E-state index contributed by atoms with van der Waals surface area (Å²) in [6, 6.07) is 10.00. The fourth-order valence-electron chi connectivity index (χ4n) is 1.50. The van der Waals surface area contributed by atoms with Crippen LogP contribution in [-0.2, 0) is 6.42 Å². The van der Waals surface area contributed by atoms with Crippen molar-refractivity contribution in [1.82, 2.24) is 9.97 Å². The van der Waals surface area contributed by atoms with Gasteiger partial charge in [-0.3, -0.25) is 4.98 Å². The number of rotatable bonds is 4. The van der Waals surface area contributed by atoms with Crippen LogP contribution in [-0.4, -0.2) is 16.5 Å². The first-order valence-electron chi connectivity index (χ1n) is 5.41. The van der Waals surface area contributed by atoms with Gasteiger partial charge in [0.1, 0.15) is 5.82 Å². The third kappa shape index (κ3) is 3.05. The first-order chi connectivity index (χ1) is 7.84. The van der Waals surface area contributed by atoms with E-state index in [2.05, 4.69) is 22.2 Å². The third-order valence-electron chi connectivity index (χ3n) is 2.33. The van der Waals surface area contributed by atoms with Crippen molar-refractivity contribution in [1.29, 1.82) is 0 Å². The van der Waals surface area contributed by atoms with Gasteiger partial charge in [-0.15, -0.1) is 0 Å². The van der Waals surface area contributed by atoms with Gasteiger partial charge in [-0.25, -0.2) is 4.98 Å². The summed E-state index contributed by atoms with van der Waals surface area (Å²) in [4.78, 5) is 8.51. The Hall–Kier alpha value is -1.90. The Balaban J connectivity index is 1.85. The van der Waals surface area contributed by atoms with E-state index in [1.54, 1.807) is 0 Å². The molecule has 3 nitrogen and oxygen atoms in total. The van der Waals surface area contributed by atoms with Crippen LogP contribution in [0.3, 0.4) is 0 Å². The Morgan fingerprint density at radius 3 is 2.81 bits per heavy atom. The first kappa shape index (κ1) is 10.6. The zero-order chi connectivity index (χ0) is 11.2. The van der Waals surface area contributed by atoms with Gasteiger partial charge in [0, 0.05) is 31.1 Å². The van der Waals surface area contributed by atoms with E-state index in [9.17, 15) is 0 Å². The second kappa shape index (κ2) is 5.26. The molecule has 0 fully saturated rings. The van der Waals surface area contributed by atoms with Gasteiger partial charge in [-0.2, -0.15) is 0 Å². The van der Waals surface area contributed by atoms with E-state index in [-0.39, 0.29) is 0 Å². The molecule has 0 saturated heterocycles. The maximum atomic E-state index is 4.27. The van der Waals surface area contributed by atoms with E-state index < -0.39 is 0 Å². The number of hydrogen-bond donors (Lipinski definition) is 1. The lowest BCUT2D eigenvalue weighted by Gasteiger charge is -2.05. The molecule has 0 aliphatic heterocycles. The van der Waals surface area contributed by atoms with Gasteiger partial charge in [0.05, 0.1) is 0 Å². The monoisotopic (exact) mass is 213 g/mol. The van der Waals surface area contributed by atoms with Crippen molar-refractivity contribution in [2.24, 2.45) is 0 Å². The Labute approximate surface area is 95.6 Å². The predicted molar refractivity (Wildman–Crippen MR) is 65.4 cm³/mol. The number of nitrogens with zero attached hydrogens (tertiary/aromatic N) is 2. The molecule has 2 aromatic rings. The molecule has 0 aromatic carbocycles. The molecule has 2 aromatic heterocycles. The highest BCUT2D eigenvalue weighted by atomic mass is 15.0. The largest absolute Gasteiger partial charge is 0.370 e. The van der Waals surface area contributed by atoms with Gasteiger partial charge in [0.15, 0.2) is 0 Å². The van der Waals surface area contributed by atoms with Crippen molar-refractivity contribution in [2.75, 3.05) is 11.9 Å². The van der Waals surface area contributed by atoms with Crippen molar-refractivity contribution in [3.63, 3.8) is 0 Å². The normalized spacial score (nSPS) is 10.1. The fraction of sp³-hybridized carbons (Fsp3) is 0.231. The van der Waals surface area contributed by atoms with Gasteiger partial charge in [-0.05, 0) is 36.8 Å². The lowest BCUT2D eigenvalue weighted by molar-refractivity contribution is 0.953. The minimum absolute atomic E-state index is 0.855. The van der Waals surface area contributed by atoms with Crippen molar-refractivity contribution in [3.05, 3.63) is 54.0 Å². The van der Waals surface area contributed by atoms with E-state index in [0.717, 1.165) is 24.5 Å². The third-order valence-corrected chi connectivity index (χ3v) is 2.33. The van der Waals surface area contributed by atoms with E-state index in [1.165, 1.54) is 5.56 Å². The molecule has 1 N–H and O–H groups in total. The maximum Gasteiger partial charge on any atom is 0.126 e. The quantitative estimate of drug-likeness (QED) is 0.847. The Morgan fingerprint density at radius 2 is 2.06 bits per heavy atom. The molecule has 2 rings (SSSR count). The molecule has 2 heterocycles. The molecule has 3 heteroatoms. The number of aryl methyl sites for hydroxylation is 1. The molecule has 16 heavy (non-hydrogen) atoms. The van der Waals surface area contributed by atoms with Gasteiger partial charge in [0.25, 0.3) is 0 Å². The maximum absolute atomic E-state index is 4.27. The Kier molecular flexibility index (Phi) is 3.49. The summed E-state index contributed by atoms with van der Waals surface area (Å²) >= 11 is 0. The Bertz CT molecular complexity index is 440. The van der Waals surface area contributed by atoms with Crippen LogP contribution in [0.25, 0.3) is 0 Å². The highest BCUT2D eigenvalue weighted by molar-refractivity contribution is 5.36. The first-order valence-corrected chi connectivity index (χ1v) is 5.41. The predicted octanol–water partition coefficient (Wildman–Crippen LogP) is 2.44. The van der Waals surface area contributed by atoms with Crippen LogP contribution in [0.15, 0.2) is 42.7 Å². The standard InChI is InChI=1S/C13H15N3/c1-11-5-8-15-13(10-11)16-9-6-12-4-2-3-7-14-12/h2-5,7-8,10H,6,9H2,1H3,(H,15,16). The number of aromatic nitrogens is 2. The summed E-state index contributed by atoms with van der Waals surface area (Å²) in [6.45, 7) is 2.92. The smallest absolute Gasteiger partial charge is 0.126 e. The minimum Gasteiger partial charge on any atom is -0.370 e. The van der Waals surface area contributed by atoms with Crippen molar-refractivity contribution < 1.29 is 0 Å². The minimum atomic E-state index is 0.855. The highest BCUT2D eigenvalue weighted by Gasteiger charge is 1.95. The van der Waals surface area contributed by atoms with E-state index >= 15 is 0 Å². The van der Waals surface area contributed by atoms with Crippen LogP contribution in [0.2, 0.25) is 0 Å². The highest BCUT2D eigenvalue weighted by Crippen LogP contribution is 2.05. The molecule has 0 unspecified atom stereocenters. The summed E-state index contributed by atoms with van der Waals surface area (Å²) in [5.41, 5.74) is 2.32. The summed E-state index contributed by atoms with van der Waals surface area (Å²) in [6.07, 6.45) is 4.55. The van der Waals surface area contributed by atoms with Crippen LogP contribution in [0, 0.1) is 6.92 Å². The van der Waals surface area contributed by atoms with Gasteiger partial charge in [0.2, 0.25) is 0 Å². The van der Waals surface area contributed by atoms with Gasteiger partial charge < -0.3 is 5.32 Å². The van der Waals surface area contributed by atoms with Crippen molar-refractivity contribution in [3.8, 4) is 0 Å². The summed E-state index contributed by atoms with van der Waals surface area (Å²) in [7, 11) is 0. The second-order valence-corrected chi connectivity index (χ2v) is 3.72. The number of hydrogen-bond acceptors (Lipinski definition) is 3. The average Bonchev–Trinajstić information content (AvgIpc) is 2.30. The van der Waals surface area contributed by atoms with Crippen LogP contribution < -0.4 is 5.32 Å². The fourth-order valence-corrected chi connectivity index (χ4v) is 1.50. The van der Waals surface area contributed by atoms with E-state index in [1.807, 2.05) is 42.7 Å².